The second kappa shape index (κ2) is 7.66. The van der Waals surface area contributed by atoms with E-state index in [4.69, 9.17) is 9.47 Å². The minimum absolute atomic E-state index is 0.699. The molecule has 1 saturated carbocycles. The molecule has 18 heavy (non-hydrogen) atoms. The predicted molar refractivity (Wildman–Crippen MR) is 70.9 cm³/mol. The molecule has 0 aliphatic heterocycles. The van der Waals surface area contributed by atoms with Gasteiger partial charge in [0.25, 0.3) is 5.19 Å². The summed E-state index contributed by atoms with van der Waals surface area (Å²) in [6, 6.07) is 0. The summed E-state index contributed by atoms with van der Waals surface area (Å²) in [5.74, 6) is 0.720. The molecular weight excluding hydrogens is 250 g/mol. The molecule has 1 fully saturated rings. The fraction of sp³-hybridized carbons (Fsp3) is 0.833. The quantitative estimate of drug-likeness (QED) is 0.731. The summed E-state index contributed by atoms with van der Waals surface area (Å²) in [7, 11) is 1.70. The van der Waals surface area contributed by atoms with Crippen LogP contribution in [-0.2, 0) is 11.3 Å². The Morgan fingerprint density at radius 3 is 2.94 bits per heavy atom. The Bertz CT molecular complexity index is 340. The zero-order valence-corrected chi connectivity index (χ0v) is 11.7. The van der Waals surface area contributed by atoms with Crippen LogP contribution >= 0.6 is 11.3 Å². The first-order chi connectivity index (χ1) is 8.88. The Kier molecular flexibility index (Phi) is 5.83. The minimum atomic E-state index is 0.699. The standard InChI is InChI=1S/C12H21N3O2S/c1-16-7-6-13-8-11-14-15-12(18-11)17-9-10-4-2-3-5-10/h10,13H,2-9H2,1H3. The van der Waals surface area contributed by atoms with Crippen LogP contribution in [0.25, 0.3) is 0 Å². The van der Waals surface area contributed by atoms with Crippen molar-refractivity contribution in [3.63, 3.8) is 0 Å². The number of hydrogen-bond acceptors (Lipinski definition) is 6. The maximum atomic E-state index is 5.69. The van der Waals surface area contributed by atoms with E-state index in [1.54, 1.807) is 7.11 Å². The van der Waals surface area contributed by atoms with Gasteiger partial charge in [0.15, 0.2) is 0 Å². The minimum Gasteiger partial charge on any atom is -0.469 e. The van der Waals surface area contributed by atoms with E-state index in [1.807, 2.05) is 0 Å². The van der Waals surface area contributed by atoms with Crippen LogP contribution in [0.15, 0.2) is 0 Å². The van der Waals surface area contributed by atoms with Crippen molar-refractivity contribution in [2.45, 2.75) is 32.2 Å². The zero-order chi connectivity index (χ0) is 12.6. The lowest BCUT2D eigenvalue weighted by molar-refractivity contribution is 0.199. The highest BCUT2D eigenvalue weighted by atomic mass is 32.1. The molecule has 0 spiro atoms. The number of nitrogens with one attached hydrogen (secondary N) is 1. The largest absolute Gasteiger partial charge is 0.469 e. The molecule has 0 saturated heterocycles. The fourth-order valence-electron chi connectivity index (χ4n) is 2.10. The Morgan fingerprint density at radius 2 is 2.17 bits per heavy atom. The van der Waals surface area contributed by atoms with Gasteiger partial charge in [-0.05, 0) is 18.8 Å². The van der Waals surface area contributed by atoms with E-state index in [0.29, 0.717) is 11.8 Å². The molecule has 1 aliphatic rings. The molecule has 2 rings (SSSR count). The highest BCUT2D eigenvalue weighted by Gasteiger charge is 2.16. The highest BCUT2D eigenvalue weighted by molar-refractivity contribution is 7.13. The second-order valence-corrected chi connectivity index (χ2v) is 5.62. The monoisotopic (exact) mass is 271 g/mol. The summed E-state index contributed by atoms with van der Waals surface area (Å²) in [6.07, 6.45) is 5.28. The van der Waals surface area contributed by atoms with Gasteiger partial charge in [0.1, 0.15) is 5.01 Å². The van der Waals surface area contributed by atoms with Crippen LogP contribution in [0.2, 0.25) is 0 Å². The summed E-state index contributed by atoms with van der Waals surface area (Å²) in [5.41, 5.74) is 0. The Morgan fingerprint density at radius 1 is 1.33 bits per heavy atom. The van der Waals surface area contributed by atoms with Crippen LogP contribution in [0.3, 0.4) is 0 Å². The van der Waals surface area contributed by atoms with E-state index in [9.17, 15) is 0 Å². The van der Waals surface area contributed by atoms with E-state index in [1.165, 1.54) is 37.0 Å². The smallest absolute Gasteiger partial charge is 0.294 e. The molecular formula is C12H21N3O2S. The lowest BCUT2D eigenvalue weighted by Gasteiger charge is -2.07. The van der Waals surface area contributed by atoms with Crippen molar-refractivity contribution in [1.29, 1.82) is 0 Å². The normalized spacial score (nSPS) is 16.3. The molecule has 0 amide bonds. The molecule has 0 unspecified atom stereocenters. The Labute approximate surface area is 112 Å². The number of hydrogen-bond donors (Lipinski definition) is 1. The molecule has 1 heterocycles. The summed E-state index contributed by atoms with van der Waals surface area (Å²) >= 11 is 1.53. The summed E-state index contributed by atoms with van der Waals surface area (Å²) < 4.78 is 10.7. The molecule has 102 valence electrons. The fourth-order valence-corrected chi connectivity index (χ4v) is 2.77. The molecule has 0 atom stereocenters. The second-order valence-electron chi connectivity index (χ2n) is 4.59. The van der Waals surface area contributed by atoms with Crippen LogP contribution in [0.4, 0.5) is 0 Å². The third kappa shape index (κ3) is 4.51. The first kappa shape index (κ1) is 13.7. The lowest BCUT2D eigenvalue weighted by Crippen LogP contribution is -2.18. The molecule has 1 aliphatic carbocycles. The van der Waals surface area contributed by atoms with Gasteiger partial charge >= 0.3 is 0 Å². The van der Waals surface area contributed by atoms with Crippen molar-refractivity contribution in [3.8, 4) is 5.19 Å². The maximum absolute atomic E-state index is 5.69. The van der Waals surface area contributed by atoms with Crippen molar-refractivity contribution in [3.05, 3.63) is 5.01 Å². The molecule has 0 radical (unpaired) electrons. The van der Waals surface area contributed by atoms with Crippen molar-refractivity contribution in [1.82, 2.24) is 15.5 Å². The molecule has 0 aromatic carbocycles. The molecule has 1 aromatic rings. The number of methoxy groups -OCH3 is 1. The molecule has 1 aromatic heterocycles. The summed E-state index contributed by atoms with van der Waals surface area (Å²) in [4.78, 5) is 0. The van der Waals surface area contributed by atoms with Gasteiger partial charge in [0, 0.05) is 20.2 Å². The molecule has 6 heteroatoms. The van der Waals surface area contributed by atoms with E-state index in [-0.39, 0.29) is 0 Å². The van der Waals surface area contributed by atoms with Crippen LogP contribution in [0.1, 0.15) is 30.7 Å². The SMILES string of the molecule is COCCNCc1nnc(OCC2CCCC2)s1. The lowest BCUT2D eigenvalue weighted by atomic mass is 10.1. The zero-order valence-electron chi connectivity index (χ0n) is 10.9. The first-order valence-electron chi connectivity index (χ1n) is 6.53. The van der Waals surface area contributed by atoms with E-state index >= 15 is 0 Å². The van der Waals surface area contributed by atoms with Gasteiger partial charge in [-0.3, -0.25) is 0 Å². The average Bonchev–Trinajstić information content (AvgIpc) is 3.03. The van der Waals surface area contributed by atoms with E-state index < -0.39 is 0 Å². The molecule has 5 nitrogen and oxygen atoms in total. The van der Waals surface area contributed by atoms with Crippen molar-refractivity contribution in [2.24, 2.45) is 5.92 Å². The predicted octanol–water partition coefficient (Wildman–Crippen LogP) is 1.84. The number of nitrogens with zero attached hydrogens (tertiary/aromatic N) is 2. The number of aromatic nitrogens is 2. The van der Waals surface area contributed by atoms with Gasteiger partial charge in [-0.1, -0.05) is 24.2 Å². The Hall–Kier alpha value is -0.720. The first-order valence-corrected chi connectivity index (χ1v) is 7.35. The van der Waals surface area contributed by atoms with Gasteiger partial charge in [-0.15, -0.1) is 10.2 Å². The average molecular weight is 271 g/mol. The van der Waals surface area contributed by atoms with Gasteiger partial charge in [-0.2, -0.15) is 0 Å². The van der Waals surface area contributed by atoms with Crippen molar-refractivity contribution in [2.75, 3.05) is 26.9 Å². The summed E-state index contributed by atoms with van der Waals surface area (Å²) in [5, 5.41) is 13.1. The maximum Gasteiger partial charge on any atom is 0.294 e. The van der Waals surface area contributed by atoms with Crippen LogP contribution < -0.4 is 10.1 Å². The van der Waals surface area contributed by atoms with Gasteiger partial charge in [0.2, 0.25) is 0 Å². The van der Waals surface area contributed by atoms with Crippen LogP contribution in [0.5, 0.6) is 5.19 Å². The Balaban J connectivity index is 1.65. The highest BCUT2D eigenvalue weighted by Crippen LogP contribution is 2.26. The van der Waals surface area contributed by atoms with Gasteiger partial charge < -0.3 is 14.8 Å². The van der Waals surface area contributed by atoms with Crippen LogP contribution in [-0.4, -0.2) is 37.1 Å². The number of ether oxygens (including phenoxy) is 2. The molecule has 1 N–H and O–H groups in total. The van der Waals surface area contributed by atoms with E-state index in [0.717, 1.165) is 30.6 Å². The topological polar surface area (TPSA) is 56.3 Å². The van der Waals surface area contributed by atoms with Gasteiger partial charge in [0.05, 0.1) is 13.2 Å². The van der Waals surface area contributed by atoms with Gasteiger partial charge in [-0.25, -0.2) is 0 Å². The third-order valence-corrected chi connectivity index (χ3v) is 3.96. The molecule has 0 bridgehead atoms. The summed E-state index contributed by atoms with van der Waals surface area (Å²) in [6.45, 7) is 3.07. The van der Waals surface area contributed by atoms with E-state index in [2.05, 4.69) is 15.5 Å². The van der Waals surface area contributed by atoms with Crippen molar-refractivity contribution < 1.29 is 9.47 Å². The van der Waals surface area contributed by atoms with Crippen LogP contribution in [0, 0.1) is 5.92 Å². The third-order valence-electron chi connectivity index (χ3n) is 3.12. The van der Waals surface area contributed by atoms with Crippen molar-refractivity contribution >= 4 is 11.3 Å². The number of rotatable bonds is 8.